The van der Waals surface area contributed by atoms with Crippen LogP contribution in [-0.2, 0) is 9.84 Å². The predicted molar refractivity (Wildman–Crippen MR) is 90.5 cm³/mol. The molecule has 0 aliphatic carbocycles. The highest BCUT2D eigenvalue weighted by Crippen LogP contribution is 2.25. The van der Waals surface area contributed by atoms with Crippen LogP contribution in [0.3, 0.4) is 0 Å². The Labute approximate surface area is 134 Å². The third-order valence-corrected chi connectivity index (χ3v) is 6.05. The van der Waals surface area contributed by atoms with Gasteiger partial charge in [-0.3, -0.25) is 0 Å². The van der Waals surface area contributed by atoms with Gasteiger partial charge >= 0.3 is 0 Å². The lowest BCUT2D eigenvalue weighted by molar-refractivity contribution is 0.561. The Morgan fingerprint density at radius 3 is 2.96 bits per heavy atom. The van der Waals surface area contributed by atoms with Crippen molar-refractivity contribution in [2.45, 2.75) is 25.8 Å². The molecular weight excluding hydrogens is 312 g/mol. The van der Waals surface area contributed by atoms with Crippen LogP contribution in [0.2, 0.25) is 0 Å². The average Bonchev–Trinajstić information content (AvgIpc) is 2.87. The molecule has 0 saturated carbocycles. The van der Waals surface area contributed by atoms with Crippen molar-refractivity contribution in [3.05, 3.63) is 36.0 Å². The molecule has 6 nitrogen and oxygen atoms in total. The highest BCUT2D eigenvalue weighted by molar-refractivity contribution is 7.91. The number of sulfone groups is 1. The van der Waals surface area contributed by atoms with Crippen LogP contribution in [0.1, 0.15) is 18.5 Å². The van der Waals surface area contributed by atoms with E-state index in [0.29, 0.717) is 12.2 Å². The molecule has 120 valence electrons. The van der Waals surface area contributed by atoms with Crippen molar-refractivity contribution in [2.24, 2.45) is 0 Å². The van der Waals surface area contributed by atoms with E-state index < -0.39 is 9.84 Å². The van der Waals surface area contributed by atoms with Crippen molar-refractivity contribution in [3.8, 4) is 0 Å². The molecule has 0 spiro atoms. The third kappa shape index (κ3) is 2.65. The molecule has 1 aliphatic rings. The number of aryl methyl sites for hydroxylation is 1. The van der Waals surface area contributed by atoms with E-state index >= 15 is 0 Å². The molecule has 1 N–H and O–H groups in total. The molecule has 1 aliphatic heterocycles. The van der Waals surface area contributed by atoms with Gasteiger partial charge in [0.15, 0.2) is 15.5 Å². The summed E-state index contributed by atoms with van der Waals surface area (Å²) in [5.41, 5.74) is 2.63. The molecule has 0 radical (unpaired) electrons. The normalized spacial score (nSPS) is 20.8. The molecule has 4 rings (SSSR count). The van der Waals surface area contributed by atoms with E-state index in [0.717, 1.165) is 34.5 Å². The number of aromatic nitrogens is 3. The van der Waals surface area contributed by atoms with Gasteiger partial charge in [0.2, 0.25) is 0 Å². The van der Waals surface area contributed by atoms with E-state index in [1.807, 2.05) is 41.8 Å². The van der Waals surface area contributed by atoms with Crippen molar-refractivity contribution in [2.75, 3.05) is 16.8 Å². The smallest absolute Gasteiger partial charge is 0.158 e. The standard InChI is InChI=1S/C16H18N4O2S/c1-11-9-15-18-16(17-12-5-4-8-23(21,22)10-12)13-6-2-3-7-14(13)20(15)19-11/h2-3,6-7,9,12H,4-5,8,10H2,1H3,(H,17,18). The molecule has 3 aromatic rings. The Balaban J connectivity index is 1.82. The fourth-order valence-electron chi connectivity index (χ4n) is 3.22. The van der Waals surface area contributed by atoms with E-state index in [4.69, 9.17) is 0 Å². The van der Waals surface area contributed by atoms with Crippen LogP contribution >= 0.6 is 0 Å². The molecule has 7 heteroatoms. The summed E-state index contributed by atoms with van der Waals surface area (Å²) >= 11 is 0. The minimum atomic E-state index is -2.95. The van der Waals surface area contributed by atoms with Crippen LogP contribution in [0, 0.1) is 6.92 Å². The van der Waals surface area contributed by atoms with Gasteiger partial charge < -0.3 is 5.32 Å². The second-order valence-electron chi connectivity index (χ2n) is 6.13. The summed E-state index contributed by atoms with van der Waals surface area (Å²) in [5.74, 6) is 1.20. The van der Waals surface area contributed by atoms with Gasteiger partial charge in [0, 0.05) is 17.5 Å². The third-order valence-electron chi connectivity index (χ3n) is 4.23. The minimum Gasteiger partial charge on any atom is -0.366 e. The van der Waals surface area contributed by atoms with Gasteiger partial charge in [-0.25, -0.2) is 17.9 Å². The lowest BCUT2D eigenvalue weighted by Gasteiger charge is -2.24. The highest BCUT2D eigenvalue weighted by atomic mass is 32.2. The topological polar surface area (TPSA) is 76.4 Å². The summed E-state index contributed by atoms with van der Waals surface area (Å²) in [5, 5.41) is 8.78. The van der Waals surface area contributed by atoms with Gasteiger partial charge in [-0.2, -0.15) is 5.10 Å². The predicted octanol–water partition coefficient (Wildman–Crippen LogP) is 2.18. The van der Waals surface area contributed by atoms with E-state index in [1.54, 1.807) is 0 Å². The average molecular weight is 330 g/mol. The summed E-state index contributed by atoms with van der Waals surface area (Å²) in [6.45, 7) is 1.93. The van der Waals surface area contributed by atoms with E-state index in [1.165, 1.54) is 0 Å². The number of anilines is 1. The van der Waals surface area contributed by atoms with E-state index in [-0.39, 0.29) is 11.8 Å². The second-order valence-corrected chi connectivity index (χ2v) is 8.36. The first kappa shape index (κ1) is 14.4. The van der Waals surface area contributed by atoms with Gasteiger partial charge in [0.05, 0.1) is 22.7 Å². The number of hydrogen-bond donors (Lipinski definition) is 1. The van der Waals surface area contributed by atoms with Crippen LogP contribution in [0.25, 0.3) is 16.6 Å². The van der Waals surface area contributed by atoms with Crippen LogP contribution in [0.5, 0.6) is 0 Å². The largest absolute Gasteiger partial charge is 0.366 e. The van der Waals surface area contributed by atoms with Crippen molar-refractivity contribution in [1.29, 1.82) is 0 Å². The maximum atomic E-state index is 11.9. The molecule has 1 fully saturated rings. The van der Waals surface area contributed by atoms with Gasteiger partial charge in [0.25, 0.3) is 0 Å². The number of fused-ring (bicyclic) bond motifs is 3. The molecule has 1 saturated heterocycles. The fraction of sp³-hybridized carbons (Fsp3) is 0.375. The molecule has 1 unspecified atom stereocenters. The molecular formula is C16H18N4O2S. The zero-order valence-corrected chi connectivity index (χ0v) is 13.7. The first-order valence-electron chi connectivity index (χ1n) is 7.74. The molecule has 1 aromatic carbocycles. The Kier molecular flexibility index (Phi) is 3.26. The number of para-hydroxylation sites is 1. The monoisotopic (exact) mass is 330 g/mol. The second kappa shape index (κ2) is 5.19. The van der Waals surface area contributed by atoms with Gasteiger partial charge in [-0.05, 0) is 31.9 Å². The maximum absolute atomic E-state index is 11.9. The van der Waals surface area contributed by atoms with Crippen molar-refractivity contribution in [3.63, 3.8) is 0 Å². The van der Waals surface area contributed by atoms with Crippen LogP contribution < -0.4 is 5.32 Å². The van der Waals surface area contributed by atoms with Crippen molar-refractivity contribution >= 4 is 32.2 Å². The lowest BCUT2D eigenvalue weighted by atomic mass is 10.1. The van der Waals surface area contributed by atoms with Gasteiger partial charge in [-0.15, -0.1) is 0 Å². The number of hydrogen-bond acceptors (Lipinski definition) is 5. The first-order valence-corrected chi connectivity index (χ1v) is 9.56. The van der Waals surface area contributed by atoms with Crippen LogP contribution in [0.4, 0.5) is 5.82 Å². The fourth-order valence-corrected chi connectivity index (χ4v) is 4.85. The summed E-state index contributed by atoms with van der Waals surface area (Å²) in [6.07, 6.45) is 1.55. The van der Waals surface area contributed by atoms with Crippen LogP contribution in [-0.4, -0.2) is 40.6 Å². The Morgan fingerprint density at radius 2 is 2.13 bits per heavy atom. The minimum absolute atomic E-state index is 0.0869. The lowest BCUT2D eigenvalue weighted by Crippen LogP contribution is -2.35. The number of nitrogens with zero attached hydrogens (tertiary/aromatic N) is 3. The quantitative estimate of drug-likeness (QED) is 0.779. The Morgan fingerprint density at radius 1 is 1.30 bits per heavy atom. The van der Waals surface area contributed by atoms with Crippen LogP contribution in [0.15, 0.2) is 30.3 Å². The van der Waals surface area contributed by atoms with E-state index in [9.17, 15) is 8.42 Å². The number of nitrogens with one attached hydrogen (secondary N) is 1. The first-order chi connectivity index (χ1) is 11.0. The molecule has 3 heterocycles. The summed E-state index contributed by atoms with van der Waals surface area (Å²) in [7, 11) is -2.95. The van der Waals surface area contributed by atoms with Gasteiger partial charge in [0.1, 0.15) is 5.82 Å². The van der Waals surface area contributed by atoms with E-state index in [2.05, 4.69) is 15.4 Å². The Bertz CT molecular complexity index is 994. The number of benzene rings is 1. The van der Waals surface area contributed by atoms with Gasteiger partial charge in [-0.1, -0.05) is 12.1 Å². The molecule has 0 amide bonds. The number of rotatable bonds is 2. The highest BCUT2D eigenvalue weighted by Gasteiger charge is 2.25. The van der Waals surface area contributed by atoms with Crippen molar-refractivity contribution < 1.29 is 8.42 Å². The Hall–Kier alpha value is -2.15. The summed E-state index contributed by atoms with van der Waals surface area (Å²) < 4.78 is 25.5. The summed E-state index contributed by atoms with van der Waals surface area (Å²) in [4.78, 5) is 4.66. The van der Waals surface area contributed by atoms with Crippen molar-refractivity contribution in [1.82, 2.24) is 14.6 Å². The molecule has 1 atom stereocenters. The SMILES string of the molecule is Cc1cc2nc(NC3CCCS(=O)(=O)C3)c3ccccc3n2n1. The zero-order chi connectivity index (χ0) is 16.0. The molecule has 2 aromatic heterocycles. The maximum Gasteiger partial charge on any atom is 0.158 e. The molecule has 0 bridgehead atoms. The zero-order valence-electron chi connectivity index (χ0n) is 12.9. The summed E-state index contributed by atoms with van der Waals surface area (Å²) in [6, 6.07) is 9.74. The molecule has 23 heavy (non-hydrogen) atoms.